The van der Waals surface area contributed by atoms with E-state index in [1.807, 2.05) is 37.5 Å². The first-order valence-electron chi connectivity index (χ1n) is 9.75. The molecule has 1 heterocycles. The van der Waals surface area contributed by atoms with Gasteiger partial charge in [-0.15, -0.1) is 24.0 Å². The number of rotatable bonds is 7. The number of nitrogens with one attached hydrogen (secondary N) is 2. The van der Waals surface area contributed by atoms with Crippen LogP contribution in [0.4, 0.5) is 0 Å². The van der Waals surface area contributed by atoms with Crippen molar-refractivity contribution in [1.29, 1.82) is 0 Å². The number of ether oxygens (including phenoxy) is 1. The van der Waals surface area contributed by atoms with Crippen LogP contribution in [0, 0.1) is 0 Å². The summed E-state index contributed by atoms with van der Waals surface area (Å²) < 4.78 is 5.44. The number of halogens is 1. The first-order chi connectivity index (χ1) is 13.3. The number of nitrogens with zero attached hydrogens (tertiary/aromatic N) is 2. The number of methoxy groups -OCH3 is 1. The van der Waals surface area contributed by atoms with Gasteiger partial charge in [0.15, 0.2) is 5.96 Å². The lowest BCUT2D eigenvalue weighted by Gasteiger charge is -2.31. The zero-order valence-corrected chi connectivity index (χ0v) is 19.1. The molecule has 5 nitrogen and oxygen atoms in total. The monoisotopic (exact) mass is 494 g/mol. The van der Waals surface area contributed by atoms with Gasteiger partial charge in [0.05, 0.1) is 7.11 Å². The Morgan fingerprint density at radius 1 is 1.14 bits per heavy atom. The maximum atomic E-state index is 5.44. The van der Waals surface area contributed by atoms with E-state index in [1.54, 1.807) is 7.11 Å². The van der Waals surface area contributed by atoms with E-state index in [0.717, 1.165) is 36.9 Å². The van der Waals surface area contributed by atoms with E-state index in [4.69, 9.17) is 4.74 Å². The molecule has 6 heteroatoms. The zero-order chi connectivity index (χ0) is 19.0. The molecule has 1 fully saturated rings. The lowest BCUT2D eigenvalue weighted by atomic mass is 9.78. The summed E-state index contributed by atoms with van der Waals surface area (Å²) in [5.74, 6) is 1.77. The van der Waals surface area contributed by atoms with Crippen molar-refractivity contribution in [3.63, 3.8) is 0 Å². The number of pyridine rings is 1. The Labute approximate surface area is 185 Å². The second kappa shape index (κ2) is 11.2. The highest BCUT2D eigenvalue weighted by Crippen LogP contribution is 2.41. The predicted octanol–water partition coefficient (Wildman–Crippen LogP) is 3.93. The molecule has 2 N–H and O–H groups in total. The quantitative estimate of drug-likeness (QED) is 0.348. The van der Waals surface area contributed by atoms with Crippen molar-refractivity contribution in [2.75, 3.05) is 27.2 Å². The second-order valence-electron chi connectivity index (χ2n) is 7.14. The second-order valence-corrected chi connectivity index (χ2v) is 7.14. The highest BCUT2D eigenvalue weighted by Gasteiger charge is 2.35. The third kappa shape index (κ3) is 5.83. The summed E-state index contributed by atoms with van der Waals surface area (Å²) >= 11 is 0. The van der Waals surface area contributed by atoms with Gasteiger partial charge < -0.3 is 15.4 Å². The molecule has 1 aliphatic rings. The van der Waals surface area contributed by atoms with Gasteiger partial charge in [-0.3, -0.25) is 9.98 Å². The Bertz CT molecular complexity index is 745. The third-order valence-corrected chi connectivity index (χ3v) is 5.46. The van der Waals surface area contributed by atoms with Gasteiger partial charge in [0.2, 0.25) is 0 Å². The molecule has 0 atom stereocenters. The molecule has 1 aromatic heterocycles. The maximum absolute atomic E-state index is 5.44. The molecule has 1 aliphatic carbocycles. The van der Waals surface area contributed by atoms with Crippen LogP contribution in [0.15, 0.2) is 53.7 Å². The molecule has 1 saturated carbocycles. The van der Waals surface area contributed by atoms with E-state index >= 15 is 0 Å². The summed E-state index contributed by atoms with van der Waals surface area (Å²) in [5, 5.41) is 6.96. The minimum atomic E-state index is 0. The molecule has 0 amide bonds. The maximum Gasteiger partial charge on any atom is 0.191 e. The molecule has 2 aromatic rings. The zero-order valence-electron chi connectivity index (χ0n) is 16.8. The van der Waals surface area contributed by atoms with Crippen LogP contribution in [0.2, 0.25) is 0 Å². The van der Waals surface area contributed by atoms with Crippen molar-refractivity contribution in [3.8, 4) is 5.75 Å². The van der Waals surface area contributed by atoms with Crippen LogP contribution in [0.1, 0.15) is 36.9 Å². The highest BCUT2D eigenvalue weighted by molar-refractivity contribution is 14.0. The molecule has 0 aliphatic heterocycles. The number of aliphatic imine (C=N–C) groups is 1. The number of aromatic nitrogens is 1. The average molecular weight is 494 g/mol. The molecule has 3 rings (SSSR count). The molecule has 28 heavy (non-hydrogen) atoms. The van der Waals surface area contributed by atoms with Crippen molar-refractivity contribution in [1.82, 2.24) is 15.6 Å². The summed E-state index contributed by atoms with van der Waals surface area (Å²) in [6.07, 6.45) is 7.63. The lowest BCUT2D eigenvalue weighted by molar-refractivity contribution is 0.404. The van der Waals surface area contributed by atoms with Gasteiger partial charge in [0, 0.05) is 43.9 Å². The molecule has 152 valence electrons. The van der Waals surface area contributed by atoms with Crippen LogP contribution in [0.25, 0.3) is 0 Å². The van der Waals surface area contributed by atoms with Gasteiger partial charge >= 0.3 is 0 Å². The van der Waals surface area contributed by atoms with E-state index in [-0.39, 0.29) is 29.4 Å². The van der Waals surface area contributed by atoms with Crippen LogP contribution in [0.3, 0.4) is 0 Å². The Morgan fingerprint density at radius 3 is 2.64 bits per heavy atom. The number of guanidine groups is 1. The standard InChI is InChI=1S/C22H30N4O.HI/c1-23-21(25-15-11-19-9-3-6-14-24-19)26-17-22(12-4-5-13-22)18-8-7-10-20(16-18)27-2;/h3,6-10,14,16H,4-5,11-13,15,17H2,1-2H3,(H2,23,25,26);1H. The number of benzene rings is 1. The van der Waals surface area contributed by atoms with Gasteiger partial charge in [-0.1, -0.05) is 31.0 Å². The Balaban J connectivity index is 0.00000280. The lowest BCUT2D eigenvalue weighted by Crippen LogP contribution is -2.45. The topological polar surface area (TPSA) is 58.5 Å². The molecular formula is C22H31IN4O. The largest absolute Gasteiger partial charge is 0.497 e. The SMILES string of the molecule is CN=C(NCCc1ccccn1)NCC1(c2cccc(OC)c2)CCCC1.I. The van der Waals surface area contributed by atoms with Crippen LogP contribution >= 0.6 is 24.0 Å². The number of hydrogen-bond donors (Lipinski definition) is 2. The van der Waals surface area contributed by atoms with Crippen LogP contribution < -0.4 is 15.4 Å². The third-order valence-electron chi connectivity index (χ3n) is 5.46. The fraction of sp³-hybridized carbons (Fsp3) is 0.455. The molecule has 0 spiro atoms. The minimum absolute atomic E-state index is 0. The normalized spacial score (nSPS) is 15.6. The average Bonchev–Trinajstić information content (AvgIpc) is 3.21. The smallest absolute Gasteiger partial charge is 0.191 e. The van der Waals surface area contributed by atoms with Gasteiger partial charge in [0.1, 0.15) is 5.75 Å². The van der Waals surface area contributed by atoms with Crippen LogP contribution in [0.5, 0.6) is 5.75 Å². The van der Waals surface area contributed by atoms with Crippen LogP contribution in [-0.4, -0.2) is 38.2 Å². The Hall–Kier alpha value is -1.83. The molecule has 1 aromatic carbocycles. The van der Waals surface area contributed by atoms with Crippen LogP contribution in [-0.2, 0) is 11.8 Å². The minimum Gasteiger partial charge on any atom is -0.497 e. The molecule has 0 radical (unpaired) electrons. The highest BCUT2D eigenvalue weighted by atomic mass is 127. The molecule has 0 saturated heterocycles. The van der Waals surface area contributed by atoms with E-state index in [2.05, 4.69) is 38.8 Å². The van der Waals surface area contributed by atoms with Crippen molar-refractivity contribution in [2.45, 2.75) is 37.5 Å². The summed E-state index contributed by atoms with van der Waals surface area (Å²) in [6, 6.07) is 14.5. The molecule has 0 bridgehead atoms. The fourth-order valence-corrected chi connectivity index (χ4v) is 3.90. The Morgan fingerprint density at radius 2 is 1.96 bits per heavy atom. The Kier molecular flexibility index (Phi) is 9.02. The van der Waals surface area contributed by atoms with Crippen molar-refractivity contribution in [2.24, 2.45) is 4.99 Å². The van der Waals surface area contributed by atoms with E-state index in [1.165, 1.54) is 31.2 Å². The van der Waals surface area contributed by atoms with E-state index < -0.39 is 0 Å². The molecule has 0 unspecified atom stereocenters. The summed E-state index contributed by atoms with van der Waals surface area (Å²) in [5.41, 5.74) is 2.59. The fourth-order valence-electron chi connectivity index (χ4n) is 3.90. The van der Waals surface area contributed by atoms with Gasteiger partial charge in [-0.05, 0) is 42.7 Å². The van der Waals surface area contributed by atoms with Crippen molar-refractivity contribution < 1.29 is 4.74 Å². The van der Waals surface area contributed by atoms with Crippen molar-refractivity contribution >= 4 is 29.9 Å². The summed E-state index contributed by atoms with van der Waals surface area (Å²) in [4.78, 5) is 8.75. The van der Waals surface area contributed by atoms with Gasteiger partial charge in [0.25, 0.3) is 0 Å². The van der Waals surface area contributed by atoms with Crippen molar-refractivity contribution in [3.05, 3.63) is 59.9 Å². The first kappa shape index (κ1) is 22.5. The van der Waals surface area contributed by atoms with E-state index in [0.29, 0.717) is 0 Å². The summed E-state index contributed by atoms with van der Waals surface area (Å²) in [7, 11) is 3.55. The first-order valence-corrected chi connectivity index (χ1v) is 9.75. The predicted molar refractivity (Wildman–Crippen MR) is 126 cm³/mol. The molecular weight excluding hydrogens is 463 g/mol. The number of hydrogen-bond acceptors (Lipinski definition) is 3. The van der Waals surface area contributed by atoms with Gasteiger partial charge in [-0.2, -0.15) is 0 Å². The summed E-state index contributed by atoms with van der Waals surface area (Å²) in [6.45, 7) is 1.69. The van der Waals surface area contributed by atoms with E-state index in [9.17, 15) is 0 Å². The van der Waals surface area contributed by atoms with Gasteiger partial charge in [-0.25, -0.2) is 0 Å².